The average molecular weight is 425 g/mol. The molecule has 2 N–H and O–H groups in total. The number of fused-ring (bicyclic) bond motifs is 1. The van der Waals surface area contributed by atoms with Crippen LogP contribution >= 0.6 is 12.6 Å². The highest BCUT2D eigenvalue weighted by Crippen LogP contribution is 2.35. The van der Waals surface area contributed by atoms with E-state index in [1.165, 1.54) is 3.97 Å². The highest BCUT2D eigenvalue weighted by atomic mass is 32.2. The Kier molecular flexibility index (Phi) is 5.06. The summed E-state index contributed by atoms with van der Waals surface area (Å²) in [7, 11) is -3.80. The molecule has 2 heterocycles. The lowest BCUT2D eigenvalue weighted by atomic mass is 10.0. The zero-order valence-electron chi connectivity index (χ0n) is 15.8. The van der Waals surface area contributed by atoms with Crippen LogP contribution in [-0.4, -0.2) is 22.4 Å². The van der Waals surface area contributed by atoms with Crippen molar-refractivity contribution in [2.45, 2.75) is 29.6 Å². The fraction of sp³-hybridized carbons (Fsp3) is 0.143. The Balaban J connectivity index is 2.04. The zero-order chi connectivity index (χ0) is 20.6. The summed E-state index contributed by atoms with van der Waals surface area (Å²) >= 11 is 4.40. The van der Waals surface area contributed by atoms with Gasteiger partial charge in [-0.2, -0.15) is 0 Å². The summed E-state index contributed by atoms with van der Waals surface area (Å²) in [6, 6.07) is 13.8. The Bertz CT molecular complexity index is 1300. The third-order valence-corrected chi connectivity index (χ3v) is 6.68. The molecular formula is C21H20N4O2S2. The third kappa shape index (κ3) is 3.49. The maximum Gasteiger partial charge on any atom is 0.268 e. The largest absolute Gasteiger partial charge is 0.368 e. The van der Waals surface area contributed by atoms with Crippen LogP contribution in [-0.2, 0) is 16.4 Å². The van der Waals surface area contributed by atoms with E-state index in [0.29, 0.717) is 21.7 Å². The van der Waals surface area contributed by atoms with Crippen LogP contribution in [0, 0.1) is 0 Å². The number of benzene rings is 2. The van der Waals surface area contributed by atoms with Gasteiger partial charge in [0.25, 0.3) is 10.0 Å². The molecule has 0 amide bonds. The maximum atomic E-state index is 13.4. The first-order valence-electron chi connectivity index (χ1n) is 9.18. The van der Waals surface area contributed by atoms with Crippen LogP contribution in [0.1, 0.15) is 18.9 Å². The second-order valence-electron chi connectivity index (χ2n) is 6.71. The molecule has 0 aliphatic carbocycles. The minimum Gasteiger partial charge on any atom is -0.368 e. The Labute approximate surface area is 174 Å². The van der Waals surface area contributed by atoms with Crippen LogP contribution in [0.15, 0.2) is 70.7 Å². The molecule has 0 spiro atoms. The quantitative estimate of drug-likeness (QED) is 0.470. The summed E-state index contributed by atoms with van der Waals surface area (Å²) in [5.41, 5.74) is 8.67. The van der Waals surface area contributed by atoms with Gasteiger partial charge in [0.15, 0.2) is 0 Å². The molecule has 0 radical (unpaired) electrons. The lowest BCUT2D eigenvalue weighted by molar-refractivity contribution is 0.589. The molecule has 4 aromatic rings. The molecule has 2 aromatic carbocycles. The average Bonchev–Trinajstić information content (AvgIpc) is 3.09. The van der Waals surface area contributed by atoms with E-state index in [2.05, 4.69) is 29.5 Å². The summed E-state index contributed by atoms with van der Waals surface area (Å²) in [5, 5.41) is 0.762. The monoisotopic (exact) mass is 424 g/mol. The number of anilines is 1. The number of rotatable bonds is 5. The van der Waals surface area contributed by atoms with Gasteiger partial charge in [0.05, 0.1) is 16.1 Å². The van der Waals surface area contributed by atoms with Gasteiger partial charge < -0.3 is 5.73 Å². The molecule has 0 atom stereocenters. The number of thiol groups is 1. The highest BCUT2D eigenvalue weighted by molar-refractivity contribution is 7.90. The molecule has 2 aromatic heterocycles. The Morgan fingerprint density at radius 2 is 1.90 bits per heavy atom. The van der Waals surface area contributed by atoms with Crippen LogP contribution in [0.5, 0.6) is 0 Å². The van der Waals surface area contributed by atoms with Gasteiger partial charge in [-0.15, -0.1) is 12.6 Å². The SMILES string of the molecule is CCCc1cnc(N)nc1-c1cn(S(=O)(=O)c2ccccc2)c2cc(S)ccc12. The first kappa shape index (κ1) is 19.5. The van der Waals surface area contributed by atoms with E-state index in [1.54, 1.807) is 48.8 Å². The third-order valence-electron chi connectivity index (χ3n) is 4.71. The lowest BCUT2D eigenvalue weighted by Gasteiger charge is -2.08. The molecule has 0 fully saturated rings. The van der Waals surface area contributed by atoms with Crippen LogP contribution in [0.2, 0.25) is 0 Å². The number of hydrogen-bond donors (Lipinski definition) is 2. The molecule has 8 heteroatoms. The standard InChI is InChI=1S/C21H20N4O2S2/c1-2-6-14-12-23-21(22)24-20(14)18-13-25(19-11-15(28)9-10-17(18)19)29(26,27)16-7-4-3-5-8-16/h3-5,7-13,28H,2,6H2,1H3,(H2,22,23,24). The number of aromatic nitrogens is 3. The molecular weight excluding hydrogens is 404 g/mol. The molecule has 4 rings (SSSR count). The number of nitrogen functional groups attached to an aromatic ring is 1. The number of hydrogen-bond acceptors (Lipinski definition) is 6. The van der Waals surface area contributed by atoms with Crippen molar-refractivity contribution in [3.8, 4) is 11.3 Å². The van der Waals surface area contributed by atoms with Gasteiger partial charge in [-0.3, -0.25) is 0 Å². The Morgan fingerprint density at radius 1 is 1.14 bits per heavy atom. The van der Waals surface area contributed by atoms with E-state index in [-0.39, 0.29) is 10.8 Å². The fourth-order valence-electron chi connectivity index (χ4n) is 3.39. The molecule has 0 unspecified atom stereocenters. The van der Waals surface area contributed by atoms with Gasteiger partial charge >= 0.3 is 0 Å². The summed E-state index contributed by atoms with van der Waals surface area (Å²) in [6.45, 7) is 2.07. The van der Waals surface area contributed by atoms with Gasteiger partial charge in [-0.05, 0) is 36.2 Å². The first-order chi connectivity index (χ1) is 13.9. The van der Waals surface area contributed by atoms with Gasteiger partial charge in [0, 0.05) is 28.2 Å². The molecule has 0 aliphatic rings. The van der Waals surface area contributed by atoms with E-state index in [9.17, 15) is 8.42 Å². The van der Waals surface area contributed by atoms with Crippen molar-refractivity contribution >= 4 is 39.5 Å². The van der Waals surface area contributed by atoms with E-state index < -0.39 is 10.0 Å². The first-order valence-corrected chi connectivity index (χ1v) is 11.1. The van der Waals surface area contributed by atoms with Gasteiger partial charge in [-0.1, -0.05) is 37.6 Å². The fourth-order valence-corrected chi connectivity index (χ4v) is 4.97. The van der Waals surface area contributed by atoms with Crippen molar-refractivity contribution in [1.29, 1.82) is 0 Å². The highest BCUT2D eigenvalue weighted by Gasteiger charge is 2.23. The normalized spacial score (nSPS) is 11.8. The van der Waals surface area contributed by atoms with Crippen molar-refractivity contribution < 1.29 is 8.42 Å². The van der Waals surface area contributed by atoms with Gasteiger partial charge in [-0.25, -0.2) is 22.4 Å². The van der Waals surface area contributed by atoms with Crippen molar-refractivity contribution in [2.24, 2.45) is 0 Å². The minimum absolute atomic E-state index is 0.150. The Morgan fingerprint density at radius 3 is 2.62 bits per heavy atom. The molecule has 148 valence electrons. The smallest absolute Gasteiger partial charge is 0.268 e. The second kappa shape index (κ2) is 7.53. The Hall–Kier alpha value is -2.84. The van der Waals surface area contributed by atoms with Crippen LogP contribution in [0.25, 0.3) is 22.2 Å². The van der Waals surface area contributed by atoms with Crippen LogP contribution in [0.3, 0.4) is 0 Å². The number of aryl methyl sites for hydroxylation is 1. The topological polar surface area (TPSA) is 90.9 Å². The maximum absolute atomic E-state index is 13.4. The van der Waals surface area contributed by atoms with Crippen molar-refractivity contribution in [1.82, 2.24) is 13.9 Å². The molecule has 6 nitrogen and oxygen atoms in total. The minimum atomic E-state index is -3.80. The van der Waals surface area contributed by atoms with Crippen LogP contribution in [0.4, 0.5) is 5.95 Å². The van der Waals surface area contributed by atoms with Crippen LogP contribution < -0.4 is 5.73 Å². The van der Waals surface area contributed by atoms with E-state index in [4.69, 9.17) is 5.73 Å². The predicted octanol–water partition coefficient (Wildman–Crippen LogP) is 4.16. The van der Waals surface area contributed by atoms with Crippen molar-refractivity contribution in [2.75, 3.05) is 5.73 Å². The summed E-state index contributed by atoms with van der Waals surface area (Å²) in [4.78, 5) is 9.43. The van der Waals surface area contributed by atoms with E-state index >= 15 is 0 Å². The predicted molar refractivity (Wildman–Crippen MR) is 118 cm³/mol. The molecule has 0 saturated heterocycles. The van der Waals surface area contributed by atoms with Gasteiger partial charge in [0.2, 0.25) is 5.95 Å². The van der Waals surface area contributed by atoms with E-state index in [1.807, 2.05) is 12.1 Å². The molecule has 0 bridgehead atoms. The number of nitrogens with two attached hydrogens (primary N) is 1. The van der Waals surface area contributed by atoms with Gasteiger partial charge in [0.1, 0.15) is 0 Å². The summed E-state index contributed by atoms with van der Waals surface area (Å²) < 4.78 is 28.0. The zero-order valence-corrected chi connectivity index (χ0v) is 17.5. The molecule has 0 saturated carbocycles. The second-order valence-corrected chi connectivity index (χ2v) is 9.04. The van der Waals surface area contributed by atoms with E-state index in [0.717, 1.165) is 23.8 Å². The number of nitrogens with zero attached hydrogens (tertiary/aromatic N) is 3. The summed E-state index contributed by atoms with van der Waals surface area (Å²) in [5.74, 6) is 0.150. The van der Waals surface area contributed by atoms with Crippen molar-refractivity contribution in [3.05, 3.63) is 66.5 Å². The summed E-state index contributed by atoms with van der Waals surface area (Å²) in [6.07, 6.45) is 4.99. The van der Waals surface area contributed by atoms with Crippen molar-refractivity contribution in [3.63, 3.8) is 0 Å². The lowest BCUT2D eigenvalue weighted by Crippen LogP contribution is -2.11. The molecule has 29 heavy (non-hydrogen) atoms. The molecule has 0 aliphatic heterocycles.